The van der Waals surface area contributed by atoms with E-state index in [1.807, 2.05) is 38.1 Å². The monoisotopic (exact) mass is 215 g/mol. The molecule has 2 nitrogen and oxygen atoms in total. The normalized spacial score (nSPS) is 11.8. The van der Waals surface area contributed by atoms with E-state index in [0.29, 0.717) is 6.42 Å². The molecule has 0 N–H and O–H groups in total. The third kappa shape index (κ3) is 3.20. The number of Topliss-reactive ketones (excluding diaryl/α,β-unsaturated/α-hetero) is 1. The number of hydrogen-bond acceptors (Lipinski definition) is 2. The molecular formula is C14H17NO. The molecule has 0 aromatic heterocycles. The predicted octanol–water partition coefficient (Wildman–Crippen LogP) is 3.36. The van der Waals surface area contributed by atoms with Gasteiger partial charge >= 0.3 is 0 Å². The Morgan fingerprint density at radius 1 is 1.38 bits per heavy atom. The quantitative estimate of drug-likeness (QED) is 0.755. The minimum absolute atomic E-state index is 0.0354. The maximum atomic E-state index is 11.8. The molecular weight excluding hydrogens is 198 g/mol. The van der Waals surface area contributed by atoms with Crippen molar-refractivity contribution in [3.8, 4) is 6.07 Å². The van der Waals surface area contributed by atoms with Crippen LogP contribution in [0.15, 0.2) is 24.3 Å². The van der Waals surface area contributed by atoms with E-state index in [4.69, 9.17) is 5.26 Å². The van der Waals surface area contributed by atoms with E-state index in [2.05, 4.69) is 6.07 Å². The fourth-order valence-corrected chi connectivity index (χ4v) is 1.59. The number of carbonyl (C=O) groups is 1. The lowest BCUT2D eigenvalue weighted by Gasteiger charge is -2.08. The zero-order valence-electron chi connectivity index (χ0n) is 9.86. The van der Waals surface area contributed by atoms with Gasteiger partial charge in [0, 0.05) is 6.42 Å². The van der Waals surface area contributed by atoms with Crippen molar-refractivity contribution in [2.45, 2.75) is 39.0 Å². The van der Waals surface area contributed by atoms with Crippen LogP contribution in [-0.4, -0.2) is 5.78 Å². The Kier molecular flexibility index (Phi) is 4.72. The van der Waals surface area contributed by atoms with E-state index in [0.717, 1.165) is 24.0 Å². The molecule has 1 atom stereocenters. The van der Waals surface area contributed by atoms with Gasteiger partial charge in [-0.15, -0.1) is 0 Å². The highest BCUT2D eigenvalue weighted by molar-refractivity contribution is 5.88. The zero-order valence-corrected chi connectivity index (χ0v) is 9.86. The summed E-state index contributed by atoms with van der Waals surface area (Å²) in [5.41, 5.74) is 1.95. The summed E-state index contributed by atoms with van der Waals surface area (Å²) in [7, 11) is 0. The molecule has 0 heterocycles. The minimum Gasteiger partial charge on any atom is -0.298 e. The van der Waals surface area contributed by atoms with Gasteiger partial charge in [-0.1, -0.05) is 43.2 Å². The second-order valence-electron chi connectivity index (χ2n) is 4.04. The average Bonchev–Trinajstić information content (AvgIpc) is 2.30. The molecule has 0 radical (unpaired) electrons. The predicted molar refractivity (Wildman–Crippen MR) is 64.1 cm³/mol. The Labute approximate surface area is 96.9 Å². The highest BCUT2D eigenvalue weighted by Crippen LogP contribution is 2.19. The number of aryl methyl sites for hydroxylation is 1. The maximum absolute atomic E-state index is 11.8. The molecule has 0 fully saturated rings. The van der Waals surface area contributed by atoms with Crippen LogP contribution >= 0.6 is 0 Å². The molecule has 1 unspecified atom stereocenters. The summed E-state index contributed by atoms with van der Waals surface area (Å²) in [6.07, 6.45) is 2.35. The highest BCUT2D eigenvalue weighted by atomic mass is 16.1. The number of ketones is 1. The first-order valence-electron chi connectivity index (χ1n) is 5.68. The molecule has 1 rings (SSSR count). The summed E-state index contributed by atoms with van der Waals surface area (Å²) in [6, 6.07) is 9.71. The van der Waals surface area contributed by atoms with Gasteiger partial charge in [0.15, 0.2) is 5.78 Å². The van der Waals surface area contributed by atoms with Crippen LogP contribution in [0.25, 0.3) is 0 Å². The van der Waals surface area contributed by atoms with Crippen molar-refractivity contribution in [2.24, 2.45) is 0 Å². The second-order valence-corrected chi connectivity index (χ2v) is 4.04. The van der Waals surface area contributed by atoms with Crippen molar-refractivity contribution < 1.29 is 4.79 Å². The number of hydrogen-bond donors (Lipinski definition) is 0. The van der Waals surface area contributed by atoms with Gasteiger partial charge in [0.1, 0.15) is 5.92 Å². The largest absolute Gasteiger partial charge is 0.298 e. The van der Waals surface area contributed by atoms with Gasteiger partial charge in [-0.25, -0.2) is 0 Å². The van der Waals surface area contributed by atoms with Crippen molar-refractivity contribution in [1.82, 2.24) is 0 Å². The summed E-state index contributed by atoms with van der Waals surface area (Å²) in [6.45, 7) is 4.03. The first kappa shape index (κ1) is 12.4. The molecule has 0 aliphatic heterocycles. The summed E-state index contributed by atoms with van der Waals surface area (Å²) >= 11 is 0. The Morgan fingerprint density at radius 2 is 2.00 bits per heavy atom. The van der Waals surface area contributed by atoms with Crippen LogP contribution < -0.4 is 0 Å². The topological polar surface area (TPSA) is 40.9 Å². The molecule has 0 aliphatic carbocycles. The van der Waals surface area contributed by atoms with Gasteiger partial charge in [0.25, 0.3) is 0 Å². The Bertz CT molecular complexity index is 386. The van der Waals surface area contributed by atoms with Crippen LogP contribution in [0.2, 0.25) is 0 Å². The Balaban J connectivity index is 2.79. The minimum atomic E-state index is -0.591. The van der Waals surface area contributed by atoms with E-state index in [9.17, 15) is 4.79 Å². The molecule has 0 amide bonds. The number of nitrogens with zero attached hydrogens (tertiary/aromatic N) is 1. The summed E-state index contributed by atoms with van der Waals surface area (Å²) in [5, 5.41) is 9.05. The van der Waals surface area contributed by atoms with E-state index < -0.39 is 5.92 Å². The van der Waals surface area contributed by atoms with Crippen molar-refractivity contribution in [1.29, 1.82) is 5.26 Å². The lowest BCUT2D eigenvalue weighted by molar-refractivity contribution is -0.119. The van der Waals surface area contributed by atoms with Gasteiger partial charge in [-0.3, -0.25) is 4.79 Å². The van der Waals surface area contributed by atoms with E-state index in [1.54, 1.807) is 0 Å². The summed E-state index contributed by atoms with van der Waals surface area (Å²) in [4.78, 5) is 11.8. The molecule has 1 aromatic carbocycles. The van der Waals surface area contributed by atoms with Crippen LogP contribution in [0.3, 0.4) is 0 Å². The standard InChI is InChI=1S/C14H17NO/c1-3-4-5-14(16)13(10-15)12-8-6-11(2)7-9-12/h6-9,13H,3-5H2,1-2H3. The average molecular weight is 215 g/mol. The van der Waals surface area contributed by atoms with Crippen LogP contribution in [-0.2, 0) is 4.79 Å². The first-order chi connectivity index (χ1) is 7.69. The third-order valence-electron chi connectivity index (χ3n) is 2.64. The van der Waals surface area contributed by atoms with Gasteiger partial charge in [0.05, 0.1) is 6.07 Å². The van der Waals surface area contributed by atoms with E-state index in [-0.39, 0.29) is 5.78 Å². The van der Waals surface area contributed by atoms with Crippen LogP contribution in [0.1, 0.15) is 43.2 Å². The molecule has 0 bridgehead atoms. The van der Waals surface area contributed by atoms with Gasteiger partial charge in [-0.05, 0) is 18.9 Å². The Hall–Kier alpha value is -1.62. The highest BCUT2D eigenvalue weighted by Gasteiger charge is 2.18. The van der Waals surface area contributed by atoms with Gasteiger partial charge < -0.3 is 0 Å². The molecule has 2 heteroatoms. The summed E-state index contributed by atoms with van der Waals surface area (Å²) < 4.78 is 0. The van der Waals surface area contributed by atoms with Crippen molar-refractivity contribution in [3.63, 3.8) is 0 Å². The smallest absolute Gasteiger partial charge is 0.154 e. The number of rotatable bonds is 5. The second kappa shape index (κ2) is 6.07. The lowest BCUT2D eigenvalue weighted by Crippen LogP contribution is -2.10. The first-order valence-corrected chi connectivity index (χ1v) is 5.68. The zero-order chi connectivity index (χ0) is 12.0. The molecule has 16 heavy (non-hydrogen) atoms. The fourth-order valence-electron chi connectivity index (χ4n) is 1.59. The maximum Gasteiger partial charge on any atom is 0.154 e. The van der Waals surface area contributed by atoms with Crippen LogP contribution in [0.5, 0.6) is 0 Å². The Morgan fingerprint density at radius 3 is 2.50 bits per heavy atom. The number of unbranched alkanes of at least 4 members (excludes halogenated alkanes) is 1. The van der Waals surface area contributed by atoms with Gasteiger partial charge in [-0.2, -0.15) is 5.26 Å². The SMILES string of the molecule is CCCCC(=O)C(C#N)c1ccc(C)cc1. The molecule has 84 valence electrons. The van der Waals surface area contributed by atoms with E-state index >= 15 is 0 Å². The number of carbonyl (C=O) groups excluding carboxylic acids is 1. The number of nitriles is 1. The van der Waals surface area contributed by atoms with Crippen LogP contribution in [0.4, 0.5) is 0 Å². The van der Waals surface area contributed by atoms with Crippen LogP contribution in [0, 0.1) is 18.3 Å². The van der Waals surface area contributed by atoms with E-state index in [1.165, 1.54) is 0 Å². The summed E-state index contributed by atoms with van der Waals surface area (Å²) in [5.74, 6) is -0.555. The van der Waals surface area contributed by atoms with Gasteiger partial charge in [0.2, 0.25) is 0 Å². The molecule has 1 aromatic rings. The fraction of sp³-hybridized carbons (Fsp3) is 0.429. The van der Waals surface area contributed by atoms with Crippen molar-refractivity contribution >= 4 is 5.78 Å². The third-order valence-corrected chi connectivity index (χ3v) is 2.64. The molecule has 0 saturated carbocycles. The molecule has 0 aliphatic rings. The van der Waals surface area contributed by atoms with Crippen molar-refractivity contribution in [2.75, 3.05) is 0 Å². The molecule has 0 spiro atoms. The lowest BCUT2D eigenvalue weighted by atomic mass is 9.93. The van der Waals surface area contributed by atoms with Crippen molar-refractivity contribution in [3.05, 3.63) is 35.4 Å². The number of benzene rings is 1. The molecule has 0 saturated heterocycles.